The van der Waals surface area contributed by atoms with Gasteiger partial charge >= 0.3 is 0 Å². The lowest BCUT2D eigenvalue weighted by Crippen LogP contribution is -2.11. The van der Waals surface area contributed by atoms with Crippen LogP contribution in [0.15, 0.2) is 47.9 Å². The van der Waals surface area contributed by atoms with E-state index in [1.807, 2.05) is 0 Å². The number of H-pyrrole nitrogens is 1. The zero-order valence-electron chi connectivity index (χ0n) is 14.2. The van der Waals surface area contributed by atoms with Crippen molar-refractivity contribution in [3.8, 4) is 17.1 Å². The van der Waals surface area contributed by atoms with Crippen molar-refractivity contribution in [1.82, 2.24) is 19.7 Å². The fourth-order valence-corrected chi connectivity index (χ4v) is 2.68. The number of benzene rings is 1. The molecule has 0 atom stereocenters. The predicted octanol–water partition coefficient (Wildman–Crippen LogP) is 2.05. The summed E-state index contributed by atoms with van der Waals surface area (Å²) in [6, 6.07) is 6.05. The molecule has 1 aromatic carbocycles. The summed E-state index contributed by atoms with van der Waals surface area (Å²) in [4.78, 5) is 18.2. The topological polar surface area (TPSA) is 98.8 Å². The molecule has 0 aliphatic carbocycles. The maximum Gasteiger partial charge on any atom is 0.252 e. The van der Waals surface area contributed by atoms with E-state index in [-0.39, 0.29) is 23.9 Å². The number of aromatic amines is 1. The van der Waals surface area contributed by atoms with Gasteiger partial charge in [0.25, 0.3) is 5.56 Å². The van der Waals surface area contributed by atoms with Gasteiger partial charge in [-0.05, 0) is 6.07 Å². The van der Waals surface area contributed by atoms with Gasteiger partial charge in [0.15, 0.2) is 11.6 Å². The average molecular weight is 355 g/mol. The summed E-state index contributed by atoms with van der Waals surface area (Å²) >= 11 is 0. The lowest BCUT2D eigenvalue weighted by Gasteiger charge is -2.11. The Bertz CT molecular complexity index is 1010. The number of rotatable bonds is 6. The van der Waals surface area contributed by atoms with E-state index in [1.54, 1.807) is 36.1 Å². The largest absolute Gasteiger partial charge is 0.486 e. The molecule has 3 N–H and O–H groups in total. The zero-order valence-corrected chi connectivity index (χ0v) is 14.2. The Morgan fingerprint density at radius 2 is 2.23 bits per heavy atom. The second kappa shape index (κ2) is 7.22. The summed E-state index contributed by atoms with van der Waals surface area (Å²) in [5.74, 6) is -0.279. The van der Waals surface area contributed by atoms with Crippen LogP contribution in [0.1, 0.15) is 11.1 Å². The van der Waals surface area contributed by atoms with Crippen LogP contribution in [0.4, 0.5) is 10.3 Å². The lowest BCUT2D eigenvalue weighted by molar-refractivity contribution is 0.338. The van der Waals surface area contributed by atoms with E-state index in [4.69, 9.17) is 10.5 Å². The van der Waals surface area contributed by atoms with Gasteiger partial charge in [0.1, 0.15) is 18.0 Å². The SMILES string of the molecule is C=CCOc1c(F)cccc1Cc1cn(C)nc1-c1cc(=O)[nH]c(N)n1. The number of halogens is 1. The van der Waals surface area contributed by atoms with E-state index in [2.05, 4.69) is 21.6 Å². The molecule has 0 saturated heterocycles. The minimum Gasteiger partial charge on any atom is -0.486 e. The van der Waals surface area contributed by atoms with Crippen LogP contribution in [0.25, 0.3) is 11.4 Å². The molecule has 0 aliphatic rings. The third kappa shape index (κ3) is 3.64. The number of nitrogens with two attached hydrogens (primary N) is 1. The molecule has 3 aromatic rings. The van der Waals surface area contributed by atoms with Gasteiger partial charge in [-0.1, -0.05) is 24.8 Å². The molecule has 0 spiro atoms. The minimum absolute atomic E-state index is 0.00450. The number of ether oxygens (including phenoxy) is 1. The summed E-state index contributed by atoms with van der Waals surface area (Å²) < 4.78 is 21.2. The van der Waals surface area contributed by atoms with Gasteiger partial charge in [-0.3, -0.25) is 14.5 Å². The summed E-state index contributed by atoms with van der Waals surface area (Å²) in [6.07, 6.45) is 3.69. The Balaban J connectivity index is 2.03. The minimum atomic E-state index is -0.451. The molecule has 0 radical (unpaired) electrons. The maximum absolute atomic E-state index is 14.2. The van der Waals surface area contributed by atoms with Crippen molar-refractivity contribution in [2.45, 2.75) is 6.42 Å². The van der Waals surface area contributed by atoms with E-state index in [1.165, 1.54) is 12.1 Å². The van der Waals surface area contributed by atoms with E-state index in [0.717, 1.165) is 5.56 Å². The third-order valence-corrected chi connectivity index (χ3v) is 3.68. The highest BCUT2D eigenvalue weighted by Gasteiger charge is 2.17. The number of aromatic nitrogens is 4. The van der Waals surface area contributed by atoms with Gasteiger partial charge in [-0.2, -0.15) is 5.10 Å². The first-order chi connectivity index (χ1) is 12.5. The molecule has 0 bridgehead atoms. The molecular formula is C18H18FN5O2. The van der Waals surface area contributed by atoms with Crippen molar-refractivity contribution in [3.05, 3.63) is 70.4 Å². The highest BCUT2D eigenvalue weighted by molar-refractivity contribution is 5.60. The fraction of sp³-hybridized carbons (Fsp3) is 0.167. The molecule has 134 valence electrons. The lowest BCUT2D eigenvalue weighted by atomic mass is 10.0. The van der Waals surface area contributed by atoms with Crippen LogP contribution in [0, 0.1) is 5.82 Å². The molecule has 26 heavy (non-hydrogen) atoms. The Kier molecular flexibility index (Phi) is 4.83. The standard InChI is InChI=1S/C18H18FN5O2/c1-3-7-26-17-11(5-4-6-13(17)19)8-12-10-24(2)23-16(12)14-9-15(25)22-18(20)21-14/h3-6,9-10H,1,7-8H2,2H3,(H3,20,21,22,25). The monoisotopic (exact) mass is 355 g/mol. The molecular weight excluding hydrogens is 337 g/mol. The molecule has 2 aromatic heterocycles. The first-order valence-corrected chi connectivity index (χ1v) is 7.88. The number of nitrogen functional groups attached to an aromatic ring is 1. The molecule has 8 heteroatoms. The van der Waals surface area contributed by atoms with Crippen molar-refractivity contribution in [3.63, 3.8) is 0 Å². The van der Waals surface area contributed by atoms with Gasteiger partial charge in [0, 0.05) is 36.9 Å². The van der Waals surface area contributed by atoms with Crippen molar-refractivity contribution >= 4 is 5.95 Å². The number of aryl methyl sites for hydroxylation is 1. The molecule has 2 heterocycles. The summed E-state index contributed by atoms with van der Waals surface area (Å²) in [5.41, 5.74) is 7.53. The third-order valence-electron chi connectivity index (χ3n) is 3.68. The van der Waals surface area contributed by atoms with Gasteiger partial charge in [0.05, 0.1) is 0 Å². The van der Waals surface area contributed by atoms with Gasteiger partial charge < -0.3 is 10.5 Å². The van der Waals surface area contributed by atoms with Crippen molar-refractivity contribution in [2.75, 3.05) is 12.3 Å². The Labute approximate surface area is 149 Å². The van der Waals surface area contributed by atoms with Crippen LogP contribution >= 0.6 is 0 Å². The van der Waals surface area contributed by atoms with Crippen LogP contribution in [-0.4, -0.2) is 26.4 Å². The first kappa shape index (κ1) is 17.4. The van der Waals surface area contributed by atoms with E-state index in [9.17, 15) is 9.18 Å². The summed E-state index contributed by atoms with van der Waals surface area (Å²) in [6.45, 7) is 3.77. The van der Waals surface area contributed by atoms with E-state index >= 15 is 0 Å². The quantitative estimate of drug-likeness (QED) is 0.659. The van der Waals surface area contributed by atoms with E-state index < -0.39 is 5.82 Å². The smallest absolute Gasteiger partial charge is 0.252 e. The number of nitrogens with zero attached hydrogens (tertiary/aromatic N) is 3. The van der Waals surface area contributed by atoms with E-state index in [0.29, 0.717) is 23.4 Å². The highest BCUT2D eigenvalue weighted by atomic mass is 19.1. The number of nitrogens with one attached hydrogen (secondary N) is 1. The highest BCUT2D eigenvalue weighted by Crippen LogP contribution is 2.28. The van der Waals surface area contributed by atoms with Crippen molar-refractivity contribution < 1.29 is 9.13 Å². The van der Waals surface area contributed by atoms with Gasteiger partial charge in [0.2, 0.25) is 5.95 Å². The van der Waals surface area contributed by atoms with Crippen LogP contribution in [-0.2, 0) is 13.5 Å². The van der Waals surface area contributed by atoms with Crippen LogP contribution < -0.4 is 16.0 Å². The number of hydrogen-bond acceptors (Lipinski definition) is 5. The molecule has 0 aliphatic heterocycles. The number of hydrogen-bond donors (Lipinski definition) is 2. The summed E-state index contributed by atoms with van der Waals surface area (Å²) in [7, 11) is 1.75. The van der Waals surface area contributed by atoms with Crippen LogP contribution in [0.5, 0.6) is 5.75 Å². The van der Waals surface area contributed by atoms with Crippen LogP contribution in [0.2, 0.25) is 0 Å². The van der Waals surface area contributed by atoms with Gasteiger partial charge in [-0.15, -0.1) is 0 Å². The Morgan fingerprint density at radius 1 is 1.42 bits per heavy atom. The zero-order chi connectivity index (χ0) is 18.7. The molecule has 7 nitrogen and oxygen atoms in total. The number of anilines is 1. The molecule has 0 unspecified atom stereocenters. The fourth-order valence-electron chi connectivity index (χ4n) is 2.68. The maximum atomic E-state index is 14.2. The van der Waals surface area contributed by atoms with Gasteiger partial charge in [-0.25, -0.2) is 9.37 Å². The molecule has 0 saturated carbocycles. The normalized spacial score (nSPS) is 10.7. The van der Waals surface area contributed by atoms with Crippen molar-refractivity contribution in [1.29, 1.82) is 0 Å². The second-order valence-electron chi connectivity index (χ2n) is 5.70. The van der Waals surface area contributed by atoms with Crippen LogP contribution in [0.3, 0.4) is 0 Å². The first-order valence-electron chi connectivity index (χ1n) is 7.88. The second-order valence-corrected chi connectivity index (χ2v) is 5.70. The molecule has 0 amide bonds. The summed E-state index contributed by atoms with van der Waals surface area (Å²) in [5, 5.41) is 4.37. The average Bonchev–Trinajstić information content (AvgIpc) is 2.94. The predicted molar refractivity (Wildman–Crippen MR) is 96.4 cm³/mol. The Morgan fingerprint density at radius 3 is 2.96 bits per heavy atom. The Hall–Kier alpha value is -3.42. The van der Waals surface area contributed by atoms with Crippen molar-refractivity contribution in [2.24, 2.45) is 7.05 Å². The molecule has 0 fully saturated rings. The molecule has 3 rings (SSSR count). The number of para-hydroxylation sites is 1.